The Labute approximate surface area is 272 Å². The van der Waals surface area contributed by atoms with Crippen LogP contribution in [-0.2, 0) is 9.53 Å². The molecule has 2 N–H and O–H groups in total. The van der Waals surface area contributed by atoms with Crippen molar-refractivity contribution in [1.82, 2.24) is 14.4 Å². The summed E-state index contributed by atoms with van der Waals surface area (Å²) in [5.74, 6) is -2.40. The summed E-state index contributed by atoms with van der Waals surface area (Å²) in [6, 6.07) is 19.0. The van der Waals surface area contributed by atoms with Crippen LogP contribution < -0.4 is 0 Å². The number of hydrogen-bond donors (Lipinski definition) is 2. The average molecular weight is 639 g/mol. The molecule has 0 bridgehead atoms. The molecule has 1 saturated heterocycles. The second kappa shape index (κ2) is 13.2. The van der Waals surface area contributed by atoms with Gasteiger partial charge < -0.3 is 19.8 Å². The molecule has 47 heavy (non-hydrogen) atoms. The van der Waals surface area contributed by atoms with Crippen LogP contribution in [0.1, 0.15) is 69.9 Å². The van der Waals surface area contributed by atoms with Crippen molar-refractivity contribution in [2.24, 2.45) is 4.99 Å². The predicted molar refractivity (Wildman–Crippen MR) is 178 cm³/mol. The van der Waals surface area contributed by atoms with Crippen molar-refractivity contribution < 1.29 is 34.1 Å². The van der Waals surface area contributed by atoms with Gasteiger partial charge in [-0.05, 0) is 69.7 Å². The van der Waals surface area contributed by atoms with E-state index in [-0.39, 0.29) is 40.9 Å². The summed E-state index contributed by atoms with van der Waals surface area (Å²) in [7, 11) is 0. The van der Waals surface area contributed by atoms with Crippen LogP contribution in [0.15, 0.2) is 71.7 Å². The van der Waals surface area contributed by atoms with E-state index in [1.807, 2.05) is 56.0 Å². The van der Waals surface area contributed by atoms with Crippen LogP contribution in [0.25, 0.3) is 10.9 Å². The van der Waals surface area contributed by atoms with Crippen molar-refractivity contribution in [1.29, 1.82) is 0 Å². The van der Waals surface area contributed by atoms with Gasteiger partial charge in [-0.3, -0.25) is 23.9 Å². The number of piperazine rings is 1. The second-order valence-corrected chi connectivity index (χ2v) is 12.6. The first-order valence-electron chi connectivity index (χ1n) is 15.3. The molecule has 2 heterocycles. The molecule has 0 unspecified atom stereocenters. The Morgan fingerprint density at radius 1 is 0.894 bits per heavy atom. The third kappa shape index (κ3) is 7.25. The lowest BCUT2D eigenvalue weighted by Gasteiger charge is -2.34. The molecule has 3 aromatic carbocycles. The van der Waals surface area contributed by atoms with E-state index in [4.69, 9.17) is 9.73 Å². The van der Waals surface area contributed by atoms with Crippen LogP contribution in [0, 0.1) is 6.92 Å². The van der Waals surface area contributed by atoms with Crippen molar-refractivity contribution in [2.75, 3.05) is 32.7 Å². The lowest BCUT2D eigenvalue weighted by molar-refractivity contribution is -0.156. The van der Waals surface area contributed by atoms with E-state index < -0.39 is 17.5 Å². The molecule has 4 aromatic rings. The van der Waals surface area contributed by atoms with Gasteiger partial charge in [-0.1, -0.05) is 30.3 Å². The van der Waals surface area contributed by atoms with Gasteiger partial charge in [0.15, 0.2) is 0 Å². The van der Waals surface area contributed by atoms with Crippen molar-refractivity contribution in [3.63, 3.8) is 0 Å². The maximum atomic E-state index is 13.3. The zero-order chi connectivity index (χ0) is 34.0. The first-order valence-corrected chi connectivity index (χ1v) is 15.3. The number of aliphatic imine (C=N–C) groups is 1. The number of fused-ring (bicyclic) bond motifs is 1. The summed E-state index contributed by atoms with van der Waals surface area (Å²) in [4.78, 5) is 58.7. The number of amides is 1. The number of rotatable bonds is 7. The minimum atomic E-state index is -1.14. The number of ether oxygens (including phenoxy) is 1. The van der Waals surface area contributed by atoms with Crippen molar-refractivity contribution >= 4 is 46.1 Å². The highest BCUT2D eigenvalue weighted by Gasteiger charge is 2.27. The van der Waals surface area contributed by atoms with Crippen LogP contribution >= 0.6 is 0 Å². The molecule has 5 rings (SSSR count). The zero-order valence-electron chi connectivity index (χ0n) is 27.1. The number of aromatic hydroxyl groups is 1. The van der Waals surface area contributed by atoms with Gasteiger partial charge in [-0.25, -0.2) is 9.79 Å². The Bertz CT molecular complexity index is 1880. The number of carbonyl (C=O) groups is 4. The fraction of sp³-hybridized carbons (Fsp3) is 0.306. The van der Waals surface area contributed by atoms with E-state index in [2.05, 4.69) is 0 Å². The van der Waals surface area contributed by atoms with Gasteiger partial charge in [0.1, 0.15) is 5.60 Å². The second-order valence-electron chi connectivity index (χ2n) is 12.6. The number of aryl methyl sites for hydroxylation is 1. The molecular weight excluding hydrogens is 600 g/mol. The van der Waals surface area contributed by atoms with Gasteiger partial charge in [0, 0.05) is 49.6 Å². The van der Waals surface area contributed by atoms with Crippen LogP contribution in [0.3, 0.4) is 0 Å². The summed E-state index contributed by atoms with van der Waals surface area (Å²) in [6.07, 6.45) is 0. The summed E-state index contributed by atoms with van der Waals surface area (Å²) in [5, 5.41) is 21.6. The van der Waals surface area contributed by atoms with Crippen molar-refractivity contribution in [2.45, 2.75) is 40.2 Å². The molecule has 1 aromatic heterocycles. The van der Waals surface area contributed by atoms with Crippen LogP contribution in [-0.4, -0.2) is 92.4 Å². The molecule has 244 valence electrons. The number of nitrogens with zero attached hydrogens (tertiary/aromatic N) is 4. The molecule has 0 spiro atoms. The molecular formula is C36H38N4O7. The fourth-order valence-electron chi connectivity index (χ4n) is 5.73. The molecule has 11 nitrogen and oxygen atoms in total. The largest absolute Gasteiger partial charge is 0.494 e. The quantitative estimate of drug-likeness (QED) is 0.206. The fourth-order valence-corrected chi connectivity index (χ4v) is 5.73. The summed E-state index contributed by atoms with van der Waals surface area (Å²) in [5.41, 5.74) is 2.49. The van der Waals surface area contributed by atoms with Crippen LogP contribution in [0.4, 0.5) is 5.69 Å². The monoisotopic (exact) mass is 638 g/mol. The maximum absolute atomic E-state index is 13.3. The first kappa shape index (κ1) is 33.1. The molecule has 1 fully saturated rings. The number of carboxylic acid groups (broad SMARTS) is 1. The van der Waals surface area contributed by atoms with E-state index >= 15 is 0 Å². The van der Waals surface area contributed by atoms with E-state index in [0.717, 1.165) is 4.57 Å². The maximum Gasteiger partial charge on any atom is 0.336 e. The lowest BCUT2D eigenvalue weighted by atomic mass is 9.98. The van der Waals surface area contributed by atoms with Gasteiger partial charge in [-0.15, -0.1) is 0 Å². The highest BCUT2D eigenvalue weighted by Crippen LogP contribution is 2.36. The lowest BCUT2D eigenvalue weighted by Crippen LogP contribution is -2.50. The number of aromatic carboxylic acids is 1. The summed E-state index contributed by atoms with van der Waals surface area (Å²) < 4.78 is 6.50. The summed E-state index contributed by atoms with van der Waals surface area (Å²) >= 11 is 0. The van der Waals surface area contributed by atoms with Gasteiger partial charge >= 0.3 is 11.9 Å². The minimum absolute atomic E-state index is 0.0203. The third-order valence-corrected chi connectivity index (χ3v) is 7.91. The molecule has 11 heteroatoms. The number of benzene rings is 3. The smallest absolute Gasteiger partial charge is 0.336 e. The van der Waals surface area contributed by atoms with E-state index in [1.54, 1.807) is 42.2 Å². The average Bonchev–Trinajstić information content (AvgIpc) is 3.29. The molecule has 1 aliphatic heterocycles. The molecule has 0 aliphatic carbocycles. The number of carboxylic acids is 1. The summed E-state index contributed by atoms with van der Waals surface area (Å²) in [6.45, 7) is 10.7. The number of carbonyl (C=O) groups excluding carboxylic acids is 3. The Kier molecular flexibility index (Phi) is 9.30. The SMILES string of the molecule is CC(=O)n1c(O)c(C(=Nc2ccc(C(=O)N3CCN(CC(=O)OC(C)(C)C)CC3)cc2)c2ccccc2)c2cc(C)c(C(=O)O)cc21. The Morgan fingerprint density at radius 3 is 2.11 bits per heavy atom. The van der Waals surface area contributed by atoms with Gasteiger partial charge in [-0.2, -0.15) is 0 Å². The van der Waals surface area contributed by atoms with Crippen LogP contribution in [0.2, 0.25) is 0 Å². The molecule has 1 amide bonds. The van der Waals surface area contributed by atoms with Gasteiger partial charge in [0.05, 0.1) is 34.6 Å². The highest BCUT2D eigenvalue weighted by atomic mass is 16.6. The van der Waals surface area contributed by atoms with E-state index in [9.17, 15) is 29.4 Å². The minimum Gasteiger partial charge on any atom is -0.494 e. The van der Waals surface area contributed by atoms with Gasteiger partial charge in [0.2, 0.25) is 11.8 Å². The Balaban J connectivity index is 1.44. The van der Waals surface area contributed by atoms with Crippen molar-refractivity contribution in [3.05, 3.63) is 94.5 Å². The number of aromatic nitrogens is 1. The Hall–Kier alpha value is -5.29. The highest BCUT2D eigenvalue weighted by molar-refractivity contribution is 6.23. The number of esters is 1. The third-order valence-electron chi connectivity index (χ3n) is 7.91. The molecule has 0 atom stereocenters. The Morgan fingerprint density at radius 2 is 1.53 bits per heavy atom. The topological polar surface area (TPSA) is 142 Å². The van der Waals surface area contributed by atoms with Gasteiger partial charge in [0.25, 0.3) is 5.91 Å². The predicted octanol–water partition coefficient (Wildman–Crippen LogP) is 5.28. The molecule has 0 saturated carbocycles. The zero-order valence-corrected chi connectivity index (χ0v) is 27.1. The number of hydrogen-bond acceptors (Lipinski definition) is 8. The molecule has 1 aliphatic rings. The standard InChI is InChI=1S/C36H38N4O7/c1-22-19-28-29(20-27(22)35(45)46)40(23(2)41)34(44)31(28)32(24-9-7-6-8-10-24)37-26-13-11-25(12-14-26)33(43)39-17-15-38(16-18-39)21-30(42)47-36(3,4)5/h6-14,19-20,44H,15-18,21H2,1-5H3,(H,45,46). The molecule has 0 radical (unpaired) electrons. The first-order chi connectivity index (χ1) is 22.2. The van der Waals surface area contributed by atoms with E-state index in [0.29, 0.717) is 59.7 Å². The van der Waals surface area contributed by atoms with Crippen molar-refractivity contribution in [3.8, 4) is 5.88 Å². The van der Waals surface area contributed by atoms with Crippen LogP contribution in [0.5, 0.6) is 5.88 Å². The van der Waals surface area contributed by atoms with E-state index in [1.165, 1.54) is 13.0 Å². The normalized spacial score (nSPS) is 14.3.